The molecule has 0 radical (unpaired) electrons. The zero-order chi connectivity index (χ0) is 18.0. The average Bonchev–Trinajstić information content (AvgIpc) is 3.36. The summed E-state index contributed by atoms with van der Waals surface area (Å²) < 4.78 is 40.8. The number of carbonyl (C=O) groups excluding carboxylic acids is 1. The molecule has 1 aliphatic carbocycles. The van der Waals surface area contributed by atoms with Crippen LogP contribution < -0.4 is 10.0 Å². The molecule has 1 fully saturated rings. The molecular formula is C17H16BrFN2O3S. The molecule has 0 saturated heterocycles. The van der Waals surface area contributed by atoms with Crippen molar-refractivity contribution in [3.8, 4) is 0 Å². The number of nitrogens with one attached hydrogen (secondary N) is 2. The number of carbonyl (C=O) groups is 1. The van der Waals surface area contributed by atoms with Crippen LogP contribution in [0.4, 0.5) is 4.39 Å². The fraction of sp³-hybridized carbons (Fsp3) is 0.235. The Kier molecular flexibility index (Phi) is 5.21. The predicted molar refractivity (Wildman–Crippen MR) is 95.1 cm³/mol. The molecule has 0 aromatic heterocycles. The summed E-state index contributed by atoms with van der Waals surface area (Å²) in [5.74, 6) is -0.827. The molecule has 1 saturated carbocycles. The van der Waals surface area contributed by atoms with E-state index < -0.39 is 15.9 Å². The van der Waals surface area contributed by atoms with Gasteiger partial charge in [-0.3, -0.25) is 4.79 Å². The summed E-state index contributed by atoms with van der Waals surface area (Å²) in [6.45, 7) is 0.139. The van der Waals surface area contributed by atoms with Gasteiger partial charge in [-0.1, -0.05) is 12.1 Å². The smallest absolute Gasteiger partial charge is 0.252 e. The molecule has 0 atom stereocenters. The summed E-state index contributed by atoms with van der Waals surface area (Å²) in [6.07, 6.45) is 1.66. The Morgan fingerprint density at radius 2 is 1.96 bits per heavy atom. The molecule has 0 spiro atoms. The van der Waals surface area contributed by atoms with E-state index in [-0.39, 0.29) is 28.9 Å². The van der Waals surface area contributed by atoms with Gasteiger partial charge in [0.05, 0.1) is 10.5 Å². The summed E-state index contributed by atoms with van der Waals surface area (Å²) in [6, 6.07) is 10.2. The molecule has 2 aromatic rings. The lowest BCUT2D eigenvalue weighted by Gasteiger charge is -2.10. The molecule has 3 rings (SSSR count). The molecule has 1 amide bonds. The van der Waals surface area contributed by atoms with Gasteiger partial charge in [0.25, 0.3) is 5.91 Å². The van der Waals surface area contributed by atoms with Crippen LogP contribution in [0.1, 0.15) is 28.8 Å². The second kappa shape index (κ2) is 7.23. The maximum absolute atomic E-state index is 13.2. The maximum atomic E-state index is 13.2. The van der Waals surface area contributed by atoms with E-state index >= 15 is 0 Å². The highest BCUT2D eigenvalue weighted by molar-refractivity contribution is 9.10. The van der Waals surface area contributed by atoms with Gasteiger partial charge < -0.3 is 5.32 Å². The molecular weight excluding hydrogens is 411 g/mol. The average molecular weight is 427 g/mol. The van der Waals surface area contributed by atoms with E-state index in [4.69, 9.17) is 0 Å². The topological polar surface area (TPSA) is 75.3 Å². The van der Waals surface area contributed by atoms with Crippen LogP contribution in [0.3, 0.4) is 0 Å². The minimum atomic E-state index is -3.64. The van der Waals surface area contributed by atoms with Gasteiger partial charge in [-0.05, 0) is 64.7 Å². The zero-order valence-electron chi connectivity index (χ0n) is 13.1. The summed E-state index contributed by atoms with van der Waals surface area (Å²) in [5.41, 5.74) is 0.818. The number of amides is 1. The highest BCUT2D eigenvalue weighted by Gasteiger charge is 2.28. The fourth-order valence-corrected chi connectivity index (χ4v) is 4.02. The van der Waals surface area contributed by atoms with Gasteiger partial charge in [-0.2, -0.15) is 0 Å². The third-order valence-corrected chi connectivity index (χ3v) is 5.94. The van der Waals surface area contributed by atoms with Gasteiger partial charge in [-0.15, -0.1) is 0 Å². The molecule has 1 aliphatic rings. The normalized spacial score (nSPS) is 14.3. The molecule has 0 heterocycles. The number of halogens is 2. The largest absolute Gasteiger partial charge is 0.348 e. The third-order valence-electron chi connectivity index (χ3n) is 3.73. The highest BCUT2D eigenvalue weighted by Crippen LogP contribution is 2.25. The van der Waals surface area contributed by atoms with Crippen molar-refractivity contribution in [2.24, 2.45) is 0 Å². The van der Waals surface area contributed by atoms with Crippen LogP contribution in [0.5, 0.6) is 0 Å². The van der Waals surface area contributed by atoms with E-state index in [1.165, 1.54) is 30.3 Å². The predicted octanol–water partition coefficient (Wildman–Crippen LogP) is 2.96. The number of hydrogen-bond donors (Lipinski definition) is 2. The molecule has 0 unspecified atom stereocenters. The van der Waals surface area contributed by atoms with Gasteiger partial charge >= 0.3 is 0 Å². The van der Waals surface area contributed by atoms with Crippen LogP contribution in [-0.2, 0) is 16.6 Å². The second-order valence-electron chi connectivity index (χ2n) is 5.85. The lowest BCUT2D eigenvalue weighted by Crippen LogP contribution is -2.27. The monoisotopic (exact) mass is 426 g/mol. The second-order valence-corrected chi connectivity index (χ2v) is 8.42. The quantitative estimate of drug-likeness (QED) is 0.745. The molecule has 25 heavy (non-hydrogen) atoms. The van der Waals surface area contributed by atoms with Gasteiger partial charge in [0, 0.05) is 17.1 Å². The Balaban J connectivity index is 1.76. The molecule has 2 aromatic carbocycles. The van der Waals surface area contributed by atoms with Gasteiger partial charge in [0.15, 0.2) is 0 Å². The van der Waals surface area contributed by atoms with Crippen molar-refractivity contribution in [3.63, 3.8) is 0 Å². The lowest BCUT2D eigenvalue weighted by molar-refractivity contribution is 0.0950. The first-order valence-corrected chi connectivity index (χ1v) is 9.97. The van der Waals surface area contributed by atoms with Gasteiger partial charge in [-0.25, -0.2) is 17.5 Å². The van der Waals surface area contributed by atoms with E-state index in [1.807, 2.05) is 0 Å². The number of rotatable bonds is 6. The number of benzene rings is 2. The number of hydrogen-bond acceptors (Lipinski definition) is 3. The van der Waals surface area contributed by atoms with Gasteiger partial charge in [0.2, 0.25) is 10.0 Å². The first kappa shape index (κ1) is 18.0. The first-order valence-electron chi connectivity index (χ1n) is 7.70. The highest BCUT2D eigenvalue weighted by atomic mass is 79.9. The SMILES string of the molecule is O=C(NCc1cccc(F)c1)c1cc(S(=O)(=O)NC2CC2)ccc1Br. The van der Waals surface area contributed by atoms with E-state index in [0.29, 0.717) is 10.0 Å². The van der Waals surface area contributed by atoms with Gasteiger partial charge in [0.1, 0.15) is 5.82 Å². The van der Waals surface area contributed by atoms with Crippen LogP contribution >= 0.6 is 15.9 Å². The Hall–Kier alpha value is -1.77. The van der Waals surface area contributed by atoms with Crippen molar-refractivity contribution in [2.75, 3.05) is 0 Å². The Morgan fingerprint density at radius 3 is 2.64 bits per heavy atom. The van der Waals surface area contributed by atoms with E-state index in [0.717, 1.165) is 12.8 Å². The van der Waals surface area contributed by atoms with Crippen LogP contribution in [0.15, 0.2) is 51.8 Å². The Labute approximate surface area is 153 Å². The van der Waals surface area contributed by atoms with E-state index in [2.05, 4.69) is 26.0 Å². The maximum Gasteiger partial charge on any atom is 0.252 e. The Morgan fingerprint density at radius 1 is 1.20 bits per heavy atom. The number of sulfonamides is 1. The molecule has 0 bridgehead atoms. The zero-order valence-corrected chi connectivity index (χ0v) is 15.5. The van der Waals surface area contributed by atoms with Crippen LogP contribution in [-0.4, -0.2) is 20.4 Å². The summed E-state index contributed by atoms with van der Waals surface area (Å²) in [4.78, 5) is 12.4. The molecule has 5 nitrogen and oxygen atoms in total. The first-order chi connectivity index (χ1) is 11.8. The molecule has 8 heteroatoms. The van der Waals surface area contributed by atoms with Crippen molar-refractivity contribution in [3.05, 3.63) is 63.9 Å². The van der Waals surface area contributed by atoms with Crippen molar-refractivity contribution >= 4 is 31.9 Å². The molecule has 2 N–H and O–H groups in total. The van der Waals surface area contributed by atoms with Crippen LogP contribution in [0.2, 0.25) is 0 Å². The molecule has 132 valence electrons. The lowest BCUT2D eigenvalue weighted by atomic mass is 10.2. The van der Waals surface area contributed by atoms with Crippen molar-refractivity contribution in [1.82, 2.24) is 10.0 Å². The summed E-state index contributed by atoms with van der Waals surface area (Å²) >= 11 is 3.26. The minimum Gasteiger partial charge on any atom is -0.348 e. The van der Waals surface area contributed by atoms with Crippen molar-refractivity contribution in [2.45, 2.75) is 30.3 Å². The standard InChI is InChI=1S/C17H16BrFN2O3S/c18-16-7-6-14(25(23,24)21-13-4-5-13)9-15(16)17(22)20-10-11-2-1-3-12(19)8-11/h1-3,6-9,13,21H,4-5,10H2,(H,20,22). The molecule has 0 aliphatic heterocycles. The third kappa shape index (κ3) is 4.65. The summed E-state index contributed by atoms with van der Waals surface area (Å²) in [7, 11) is -3.64. The fourth-order valence-electron chi connectivity index (χ4n) is 2.26. The minimum absolute atomic E-state index is 0.0149. The van der Waals surface area contributed by atoms with Crippen molar-refractivity contribution in [1.29, 1.82) is 0 Å². The van der Waals surface area contributed by atoms with Crippen LogP contribution in [0, 0.1) is 5.82 Å². The Bertz CT molecular complexity index is 914. The van der Waals surface area contributed by atoms with Crippen LogP contribution in [0.25, 0.3) is 0 Å². The van der Waals surface area contributed by atoms with Crippen molar-refractivity contribution < 1.29 is 17.6 Å². The van der Waals surface area contributed by atoms with E-state index in [9.17, 15) is 17.6 Å². The van der Waals surface area contributed by atoms with E-state index in [1.54, 1.807) is 12.1 Å². The summed E-state index contributed by atoms with van der Waals surface area (Å²) in [5, 5.41) is 2.66.